The minimum absolute atomic E-state index is 0.247. The topological polar surface area (TPSA) is 89.5 Å². The van der Waals surface area contributed by atoms with Crippen molar-refractivity contribution >= 4 is 37.6 Å². The SMILES string of the molecule is C=CS(=O)(=O)Nc1c(-c2cc(=O)oc3cc(C)cc(C)c23)oc2ccccc12. The zero-order valence-corrected chi connectivity index (χ0v) is 16.1. The van der Waals surface area contributed by atoms with E-state index in [4.69, 9.17) is 8.83 Å². The molecule has 0 fully saturated rings. The number of hydrogen-bond acceptors (Lipinski definition) is 5. The van der Waals surface area contributed by atoms with E-state index in [0.29, 0.717) is 27.5 Å². The molecule has 0 atom stereocenters. The molecule has 0 bridgehead atoms. The Morgan fingerprint density at radius 2 is 1.79 bits per heavy atom. The van der Waals surface area contributed by atoms with E-state index >= 15 is 0 Å². The fourth-order valence-corrected chi connectivity index (χ4v) is 3.95. The van der Waals surface area contributed by atoms with Crippen molar-refractivity contribution < 1.29 is 17.3 Å². The molecule has 0 aliphatic heterocycles. The highest BCUT2D eigenvalue weighted by Crippen LogP contribution is 2.41. The second-order valence-corrected chi connectivity index (χ2v) is 8.18. The van der Waals surface area contributed by atoms with E-state index in [1.165, 1.54) is 6.07 Å². The molecule has 2 heterocycles. The van der Waals surface area contributed by atoms with Gasteiger partial charge in [0.05, 0.1) is 0 Å². The van der Waals surface area contributed by atoms with Crippen molar-refractivity contribution in [2.24, 2.45) is 0 Å². The highest BCUT2D eigenvalue weighted by atomic mass is 32.2. The van der Waals surface area contributed by atoms with Gasteiger partial charge in [-0.25, -0.2) is 13.2 Å². The molecule has 4 aromatic rings. The fourth-order valence-electron chi connectivity index (χ4n) is 3.38. The van der Waals surface area contributed by atoms with Gasteiger partial charge in [-0.15, -0.1) is 0 Å². The number of benzene rings is 2. The van der Waals surface area contributed by atoms with Gasteiger partial charge >= 0.3 is 5.63 Å². The Balaban J connectivity index is 2.13. The molecule has 142 valence electrons. The van der Waals surface area contributed by atoms with Gasteiger partial charge in [0, 0.05) is 27.8 Å². The van der Waals surface area contributed by atoms with E-state index in [2.05, 4.69) is 11.3 Å². The molecule has 0 aliphatic rings. The van der Waals surface area contributed by atoms with Crippen LogP contribution in [0, 0.1) is 13.8 Å². The lowest BCUT2D eigenvalue weighted by Gasteiger charge is -2.10. The molecule has 6 nitrogen and oxygen atoms in total. The molecular weight excluding hydrogens is 378 g/mol. The van der Waals surface area contributed by atoms with Crippen molar-refractivity contribution in [2.75, 3.05) is 4.72 Å². The third-order valence-corrected chi connectivity index (χ3v) is 5.42. The van der Waals surface area contributed by atoms with Crippen LogP contribution in [0.3, 0.4) is 0 Å². The number of fused-ring (bicyclic) bond motifs is 2. The minimum atomic E-state index is -3.79. The van der Waals surface area contributed by atoms with Crippen LogP contribution in [-0.2, 0) is 10.0 Å². The Kier molecular flexibility index (Phi) is 4.12. The molecule has 7 heteroatoms. The maximum atomic E-state index is 12.2. The molecule has 0 amide bonds. The smallest absolute Gasteiger partial charge is 0.336 e. The average Bonchev–Trinajstić information content (AvgIpc) is 2.98. The minimum Gasteiger partial charge on any atom is -0.454 e. The predicted octanol–water partition coefficient (Wildman–Crippen LogP) is 4.71. The fraction of sp³-hybridized carbons (Fsp3) is 0.0952. The summed E-state index contributed by atoms with van der Waals surface area (Å²) in [6.45, 7) is 7.14. The second-order valence-electron chi connectivity index (χ2n) is 6.55. The van der Waals surface area contributed by atoms with Gasteiger partial charge in [0.15, 0.2) is 5.76 Å². The Morgan fingerprint density at radius 1 is 1.04 bits per heavy atom. The lowest BCUT2D eigenvalue weighted by atomic mass is 10.0. The molecule has 2 aromatic heterocycles. The van der Waals surface area contributed by atoms with Crippen molar-refractivity contribution in [3.8, 4) is 11.3 Å². The molecule has 0 spiro atoms. The third-order valence-electron chi connectivity index (χ3n) is 4.49. The van der Waals surface area contributed by atoms with E-state index in [0.717, 1.165) is 16.5 Å². The van der Waals surface area contributed by atoms with Crippen molar-refractivity contribution in [1.82, 2.24) is 0 Å². The highest BCUT2D eigenvalue weighted by molar-refractivity contribution is 7.95. The molecule has 0 saturated carbocycles. The quantitative estimate of drug-likeness (QED) is 0.506. The Morgan fingerprint density at radius 3 is 2.54 bits per heavy atom. The second kappa shape index (κ2) is 6.38. The van der Waals surface area contributed by atoms with Crippen molar-refractivity contribution in [2.45, 2.75) is 13.8 Å². The number of nitrogens with one attached hydrogen (secondary N) is 1. The molecule has 4 rings (SSSR count). The Labute approximate surface area is 161 Å². The molecule has 0 saturated heterocycles. The van der Waals surface area contributed by atoms with Crippen LogP contribution in [0.25, 0.3) is 33.3 Å². The van der Waals surface area contributed by atoms with Crippen LogP contribution in [0.5, 0.6) is 0 Å². The summed E-state index contributed by atoms with van der Waals surface area (Å²) in [6, 6.07) is 12.1. The zero-order valence-electron chi connectivity index (χ0n) is 15.3. The summed E-state index contributed by atoms with van der Waals surface area (Å²) in [6.07, 6.45) is 0. The summed E-state index contributed by atoms with van der Waals surface area (Å²) in [4.78, 5) is 12.2. The molecule has 0 unspecified atom stereocenters. The molecule has 2 aromatic carbocycles. The van der Waals surface area contributed by atoms with Gasteiger partial charge in [0.2, 0.25) is 0 Å². The number of hydrogen-bond donors (Lipinski definition) is 1. The number of para-hydroxylation sites is 1. The average molecular weight is 395 g/mol. The van der Waals surface area contributed by atoms with Gasteiger partial charge in [0.25, 0.3) is 10.0 Å². The highest BCUT2D eigenvalue weighted by Gasteiger charge is 2.22. The summed E-state index contributed by atoms with van der Waals surface area (Å²) in [5, 5.41) is 2.09. The van der Waals surface area contributed by atoms with E-state index in [-0.39, 0.29) is 11.4 Å². The number of anilines is 1. The number of aryl methyl sites for hydroxylation is 2. The standard InChI is InChI=1S/C21H17NO5S/c1-4-28(24,25)22-20-14-7-5-6-8-16(14)27-21(20)15-11-18(23)26-17-10-12(2)9-13(3)19(15)17/h4-11,22H,1H2,2-3H3. The van der Waals surface area contributed by atoms with Crippen LogP contribution in [-0.4, -0.2) is 8.42 Å². The summed E-state index contributed by atoms with van der Waals surface area (Å²) in [5.74, 6) is 0.247. The van der Waals surface area contributed by atoms with Crippen LogP contribution in [0.15, 0.2) is 68.1 Å². The van der Waals surface area contributed by atoms with Gasteiger partial charge in [-0.3, -0.25) is 4.72 Å². The predicted molar refractivity (Wildman–Crippen MR) is 110 cm³/mol. The van der Waals surface area contributed by atoms with Crippen LogP contribution in [0.4, 0.5) is 5.69 Å². The molecule has 0 radical (unpaired) electrons. The van der Waals surface area contributed by atoms with Gasteiger partial charge in [-0.2, -0.15) is 0 Å². The summed E-state index contributed by atoms with van der Waals surface area (Å²) < 4.78 is 38.2. The van der Waals surface area contributed by atoms with Gasteiger partial charge in [0.1, 0.15) is 16.9 Å². The van der Waals surface area contributed by atoms with Crippen molar-refractivity contribution in [3.63, 3.8) is 0 Å². The first-order valence-electron chi connectivity index (χ1n) is 8.51. The zero-order chi connectivity index (χ0) is 20.1. The van der Waals surface area contributed by atoms with E-state index in [9.17, 15) is 13.2 Å². The summed E-state index contributed by atoms with van der Waals surface area (Å²) in [5.41, 5.74) is 2.90. The summed E-state index contributed by atoms with van der Waals surface area (Å²) in [7, 11) is -3.79. The lowest BCUT2D eigenvalue weighted by molar-refractivity contribution is 0.559. The van der Waals surface area contributed by atoms with Gasteiger partial charge in [-0.1, -0.05) is 24.8 Å². The van der Waals surface area contributed by atoms with E-state index in [1.54, 1.807) is 30.3 Å². The van der Waals surface area contributed by atoms with Gasteiger partial charge < -0.3 is 8.83 Å². The number of rotatable bonds is 4. The normalized spacial score (nSPS) is 11.8. The van der Waals surface area contributed by atoms with Crippen molar-refractivity contribution in [3.05, 3.63) is 76.0 Å². The van der Waals surface area contributed by atoms with Crippen LogP contribution < -0.4 is 10.3 Å². The Hall–Kier alpha value is -3.32. The molecular formula is C21H17NO5S. The van der Waals surface area contributed by atoms with Crippen LogP contribution in [0.2, 0.25) is 0 Å². The summed E-state index contributed by atoms with van der Waals surface area (Å²) >= 11 is 0. The monoisotopic (exact) mass is 395 g/mol. The Bertz CT molecular complexity index is 1410. The maximum Gasteiger partial charge on any atom is 0.336 e. The first-order chi connectivity index (χ1) is 13.3. The number of furan rings is 1. The largest absolute Gasteiger partial charge is 0.454 e. The number of sulfonamides is 1. The molecule has 1 N–H and O–H groups in total. The van der Waals surface area contributed by atoms with E-state index in [1.807, 2.05) is 19.9 Å². The third kappa shape index (κ3) is 2.99. The van der Waals surface area contributed by atoms with E-state index < -0.39 is 15.6 Å². The van der Waals surface area contributed by atoms with Crippen LogP contribution in [0.1, 0.15) is 11.1 Å². The van der Waals surface area contributed by atoms with Crippen LogP contribution >= 0.6 is 0 Å². The van der Waals surface area contributed by atoms with Crippen molar-refractivity contribution in [1.29, 1.82) is 0 Å². The molecule has 28 heavy (non-hydrogen) atoms. The lowest BCUT2D eigenvalue weighted by Crippen LogP contribution is -2.09. The maximum absolute atomic E-state index is 12.2. The molecule has 0 aliphatic carbocycles. The van der Waals surface area contributed by atoms with Gasteiger partial charge in [-0.05, 0) is 43.2 Å². The first-order valence-corrected chi connectivity index (χ1v) is 10.1. The first kappa shape index (κ1) is 18.1.